The standard InChI is InChI=1S/C13H10F3NO/c1-8-2-3-9(7-17-8)11-5-4-10(6-12(11)18)13(14,15)16/h2-7,18H,1H3. The van der Waals surface area contributed by atoms with Crippen LogP contribution in [-0.4, -0.2) is 10.1 Å². The molecule has 0 fully saturated rings. The Morgan fingerprint density at radius 2 is 1.83 bits per heavy atom. The molecule has 1 N–H and O–H groups in total. The zero-order valence-corrected chi connectivity index (χ0v) is 9.49. The first kappa shape index (κ1) is 12.4. The Morgan fingerprint density at radius 3 is 2.33 bits per heavy atom. The minimum Gasteiger partial charge on any atom is -0.507 e. The van der Waals surface area contributed by atoms with E-state index in [1.165, 1.54) is 12.3 Å². The number of pyridine rings is 1. The number of hydrogen-bond donors (Lipinski definition) is 1. The Hall–Kier alpha value is -2.04. The van der Waals surface area contributed by atoms with Crippen LogP contribution in [0.4, 0.5) is 13.2 Å². The van der Waals surface area contributed by atoms with Crippen molar-refractivity contribution in [3.63, 3.8) is 0 Å². The van der Waals surface area contributed by atoms with Gasteiger partial charge in [-0.25, -0.2) is 0 Å². The highest BCUT2D eigenvalue weighted by atomic mass is 19.4. The van der Waals surface area contributed by atoms with Crippen molar-refractivity contribution in [3.8, 4) is 16.9 Å². The predicted molar refractivity (Wildman–Crippen MR) is 61.1 cm³/mol. The highest BCUT2D eigenvalue weighted by Gasteiger charge is 2.31. The lowest BCUT2D eigenvalue weighted by Gasteiger charge is -2.10. The fraction of sp³-hybridized carbons (Fsp3) is 0.154. The van der Waals surface area contributed by atoms with E-state index in [1.54, 1.807) is 19.1 Å². The summed E-state index contributed by atoms with van der Waals surface area (Å²) in [6, 6.07) is 6.33. The number of phenols is 1. The van der Waals surface area contributed by atoms with Crippen molar-refractivity contribution in [2.45, 2.75) is 13.1 Å². The molecular formula is C13H10F3NO. The average Bonchev–Trinajstić information content (AvgIpc) is 2.29. The van der Waals surface area contributed by atoms with Gasteiger partial charge in [0.15, 0.2) is 0 Å². The van der Waals surface area contributed by atoms with E-state index in [2.05, 4.69) is 4.98 Å². The molecule has 0 saturated carbocycles. The second kappa shape index (κ2) is 4.33. The van der Waals surface area contributed by atoms with Crippen LogP contribution < -0.4 is 0 Å². The lowest BCUT2D eigenvalue weighted by molar-refractivity contribution is -0.137. The zero-order valence-electron chi connectivity index (χ0n) is 9.49. The second-order valence-electron chi connectivity index (χ2n) is 3.92. The molecule has 94 valence electrons. The monoisotopic (exact) mass is 253 g/mol. The number of alkyl halides is 3. The largest absolute Gasteiger partial charge is 0.507 e. The molecule has 1 heterocycles. The Bertz CT molecular complexity index is 561. The lowest BCUT2D eigenvalue weighted by atomic mass is 10.0. The molecular weight excluding hydrogens is 243 g/mol. The molecule has 1 aromatic heterocycles. The van der Waals surface area contributed by atoms with Gasteiger partial charge >= 0.3 is 6.18 Å². The van der Waals surface area contributed by atoms with Crippen LogP contribution >= 0.6 is 0 Å². The minimum atomic E-state index is -4.46. The Morgan fingerprint density at radius 1 is 1.11 bits per heavy atom. The third-order valence-corrected chi connectivity index (χ3v) is 2.55. The van der Waals surface area contributed by atoms with Gasteiger partial charge in [-0.15, -0.1) is 0 Å². The highest BCUT2D eigenvalue weighted by Crippen LogP contribution is 2.36. The van der Waals surface area contributed by atoms with Gasteiger partial charge in [0.1, 0.15) is 5.75 Å². The molecule has 0 amide bonds. The lowest BCUT2D eigenvalue weighted by Crippen LogP contribution is -2.04. The van der Waals surface area contributed by atoms with Crippen molar-refractivity contribution in [1.82, 2.24) is 4.98 Å². The van der Waals surface area contributed by atoms with Gasteiger partial charge in [0.05, 0.1) is 5.56 Å². The van der Waals surface area contributed by atoms with Crippen LogP contribution in [0, 0.1) is 6.92 Å². The molecule has 0 saturated heterocycles. The van der Waals surface area contributed by atoms with E-state index in [1.807, 2.05) is 0 Å². The summed E-state index contributed by atoms with van der Waals surface area (Å²) in [6.45, 7) is 1.80. The van der Waals surface area contributed by atoms with Crippen molar-refractivity contribution < 1.29 is 18.3 Å². The maximum absolute atomic E-state index is 12.4. The van der Waals surface area contributed by atoms with Crippen LogP contribution in [-0.2, 0) is 6.18 Å². The molecule has 18 heavy (non-hydrogen) atoms. The molecule has 2 rings (SSSR count). The Labute approximate surface area is 102 Å². The minimum absolute atomic E-state index is 0.329. The van der Waals surface area contributed by atoms with E-state index in [9.17, 15) is 18.3 Å². The fourth-order valence-electron chi connectivity index (χ4n) is 1.58. The van der Waals surface area contributed by atoms with Gasteiger partial charge in [0, 0.05) is 23.0 Å². The van der Waals surface area contributed by atoms with Gasteiger partial charge in [0.25, 0.3) is 0 Å². The van der Waals surface area contributed by atoms with Gasteiger partial charge in [-0.2, -0.15) is 13.2 Å². The Kier molecular flexibility index (Phi) is 2.98. The molecule has 2 nitrogen and oxygen atoms in total. The SMILES string of the molecule is Cc1ccc(-c2ccc(C(F)(F)F)cc2O)cn1. The van der Waals surface area contributed by atoms with Crippen LogP contribution in [0.15, 0.2) is 36.5 Å². The van der Waals surface area contributed by atoms with Gasteiger partial charge in [-0.05, 0) is 25.1 Å². The number of hydrogen-bond acceptors (Lipinski definition) is 2. The maximum atomic E-state index is 12.4. The highest BCUT2D eigenvalue weighted by molar-refractivity contribution is 5.69. The number of rotatable bonds is 1. The van der Waals surface area contributed by atoms with Gasteiger partial charge < -0.3 is 5.11 Å². The van der Waals surface area contributed by atoms with E-state index in [0.717, 1.165) is 17.8 Å². The summed E-state index contributed by atoms with van der Waals surface area (Å²) in [6.07, 6.45) is -2.95. The smallest absolute Gasteiger partial charge is 0.416 e. The first-order valence-electron chi connectivity index (χ1n) is 5.21. The number of nitrogens with zero attached hydrogens (tertiary/aromatic N) is 1. The molecule has 0 spiro atoms. The molecule has 0 bridgehead atoms. The molecule has 0 aliphatic heterocycles. The maximum Gasteiger partial charge on any atom is 0.416 e. The summed E-state index contributed by atoms with van der Waals surface area (Å²) in [5.74, 6) is -0.407. The van der Waals surface area contributed by atoms with E-state index < -0.39 is 17.5 Å². The summed E-state index contributed by atoms with van der Waals surface area (Å²) < 4.78 is 37.3. The summed E-state index contributed by atoms with van der Waals surface area (Å²) in [5, 5.41) is 9.65. The fourth-order valence-corrected chi connectivity index (χ4v) is 1.58. The number of benzene rings is 1. The molecule has 0 radical (unpaired) electrons. The van der Waals surface area contributed by atoms with Crippen molar-refractivity contribution in [2.24, 2.45) is 0 Å². The first-order chi connectivity index (χ1) is 8.38. The third kappa shape index (κ3) is 2.45. The molecule has 0 aliphatic carbocycles. The van der Waals surface area contributed by atoms with Gasteiger partial charge in [-0.1, -0.05) is 12.1 Å². The number of aromatic nitrogens is 1. The van der Waals surface area contributed by atoms with Crippen molar-refractivity contribution in [2.75, 3.05) is 0 Å². The summed E-state index contributed by atoms with van der Waals surface area (Å²) in [5.41, 5.74) is 0.830. The molecule has 5 heteroatoms. The van der Waals surface area contributed by atoms with Gasteiger partial charge in [-0.3, -0.25) is 4.98 Å². The Balaban J connectivity index is 2.45. The van der Waals surface area contributed by atoms with E-state index >= 15 is 0 Å². The van der Waals surface area contributed by atoms with Gasteiger partial charge in [0.2, 0.25) is 0 Å². The van der Waals surface area contributed by atoms with Crippen LogP contribution in [0.5, 0.6) is 5.75 Å². The quantitative estimate of drug-likeness (QED) is 0.838. The summed E-state index contributed by atoms with van der Waals surface area (Å²) in [7, 11) is 0. The number of aryl methyl sites for hydroxylation is 1. The normalized spacial score (nSPS) is 11.6. The third-order valence-electron chi connectivity index (χ3n) is 2.55. The van der Waals surface area contributed by atoms with E-state index in [4.69, 9.17) is 0 Å². The molecule has 0 unspecified atom stereocenters. The predicted octanol–water partition coefficient (Wildman–Crippen LogP) is 3.78. The van der Waals surface area contributed by atoms with Crippen molar-refractivity contribution in [1.29, 1.82) is 0 Å². The topological polar surface area (TPSA) is 33.1 Å². The average molecular weight is 253 g/mol. The number of aromatic hydroxyl groups is 1. The summed E-state index contributed by atoms with van der Waals surface area (Å²) in [4.78, 5) is 4.03. The number of phenolic OH excluding ortho intramolecular Hbond substituents is 1. The molecule has 1 aromatic carbocycles. The van der Waals surface area contributed by atoms with Crippen LogP contribution in [0.3, 0.4) is 0 Å². The van der Waals surface area contributed by atoms with Crippen molar-refractivity contribution >= 4 is 0 Å². The van der Waals surface area contributed by atoms with E-state index in [0.29, 0.717) is 11.1 Å². The van der Waals surface area contributed by atoms with Crippen LogP contribution in [0.1, 0.15) is 11.3 Å². The van der Waals surface area contributed by atoms with E-state index in [-0.39, 0.29) is 0 Å². The van der Waals surface area contributed by atoms with Crippen LogP contribution in [0.2, 0.25) is 0 Å². The van der Waals surface area contributed by atoms with Crippen molar-refractivity contribution in [3.05, 3.63) is 47.8 Å². The second-order valence-corrected chi connectivity index (χ2v) is 3.92. The van der Waals surface area contributed by atoms with Crippen LogP contribution in [0.25, 0.3) is 11.1 Å². The summed E-state index contributed by atoms with van der Waals surface area (Å²) >= 11 is 0. The molecule has 2 aromatic rings. The molecule has 0 aliphatic rings. The molecule has 0 atom stereocenters. The first-order valence-corrected chi connectivity index (χ1v) is 5.21. The zero-order chi connectivity index (χ0) is 13.3. The number of halogens is 3.